The van der Waals surface area contributed by atoms with E-state index in [0.717, 1.165) is 5.82 Å². The van der Waals surface area contributed by atoms with Crippen LogP contribution < -0.4 is 5.32 Å². The predicted octanol–water partition coefficient (Wildman–Crippen LogP) is 1.21. The maximum absolute atomic E-state index is 4.23. The highest BCUT2D eigenvalue weighted by Gasteiger charge is 2.17. The van der Waals surface area contributed by atoms with Crippen LogP contribution in [0.4, 0.5) is 5.95 Å². The summed E-state index contributed by atoms with van der Waals surface area (Å²) in [7, 11) is 1.79. The van der Waals surface area contributed by atoms with Crippen molar-refractivity contribution in [3.05, 3.63) is 12.2 Å². The predicted molar refractivity (Wildman–Crippen MR) is 48.1 cm³/mol. The molecule has 0 fully saturated rings. The van der Waals surface area contributed by atoms with Gasteiger partial charge in [-0.1, -0.05) is 20.8 Å². The van der Waals surface area contributed by atoms with Gasteiger partial charge in [-0.3, -0.25) is 0 Å². The van der Waals surface area contributed by atoms with Crippen LogP contribution >= 0.6 is 0 Å². The van der Waals surface area contributed by atoms with Gasteiger partial charge >= 0.3 is 0 Å². The minimum absolute atomic E-state index is 0.0193. The molecule has 0 saturated heterocycles. The number of hydrogen-bond acceptors (Lipinski definition) is 4. The Kier molecular flexibility index (Phi) is 2.26. The minimum atomic E-state index is -0.0193. The number of anilines is 1. The Morgan fingerprint density at radius 2 is 1.92 bits per heavy atom. The van der Waals surface area contributed by atoms with Gasteiger partial charge in [0.2, 0.25) is 5.95 Å². The summed E-state index contributed by atoms with van der Waals surface area (Å²) in [4.78, 5) is 12.3. The molecule has 0 saturated carbocycles. The molecular weight excluding hydrogens is 152 g/mol. The van der Waals surface area contributed by atoms with Crippen LogP contribution in [0.25, 0.3) is 0 Å². The van der Waals surface area contributed by atoms with Gasteiger partial charge in [0.1, 0.15) is 12.2 Å². The minimum Gasteiger partial charge on any atom is -0.357 e. The molecule has 0 aliphatic rings. The van der Waals surface area contributed by atoms with Crippen molar-refractivity contribution in [2.45, 2.75) is 26.2 Å². The number of nitrogens with zero attached hydrogens (tertiary/aromatic N) is 3. The van der Waals surface area contributed by atoms with E-state index in [0.29, 0.717) is 5.95 Å². The summed E-state index contributed by atoms with van der Waals surface area (Å²) in [5, 5.41) is 2.88. The molecule has 1 rings (SSSR count). The molecule has 0 bridgehead atoms. The first-order valence-electron chi connectivity index (χ1n) is 3.91. The van der Waals surface area contributed by atoms with E-state index in [2.05, 4.69) is 41.0 Å². The van der Waals surface area contributed by atoms with Gasteiger partial charge in [0.15, 0.2) is 0 Å². The molecule has 0 atom stereocenters. The summed E-state index contributed by atoms with van der Waals surface area (Å²) in [5.41, 5.74) is -0.0193. The molecule has 1 aromatic rings. The monoisotopic (exact) mass is 166 g/mol. The van der Waals surface area contributed by atoms with E-state index in [-0.39, 0.29) is 5.41 Å². The number of rotatable bonds is 1. The van der Waals surface area contributed by atoms with Crippen LogP contribution in [0.15, 0.2) is 6.33 Å². The normalized spacial score (nSPS) is 11.3. The van der Waals surface area contributed by atoms with Crippen LogP contribution in [-0.4, -0.2) is 22.0 Å². The summed E-state index contributed by atoms with van der Waals surface area (Å²) in [6.07, 6.45) is 1.53. The van der Waals surface area contributed by atoms with E-state index in [9.17, 15) is 0 Å². The van der Waals surface area contributed by atoms with Crippen LogP contribution in [0.3, 0.4) is 0 Å². The van der Waals surface area contributed by atoms with Gasteiger partial charge in [0.25, 0.3) is 0 Å². The van der Waals surface area contributed by atoms with E-state index < -0.39 is 0 Å². The average molecular weight is 166 g/mol. The highest BCUT2D eigenvalue weighted by Crippen LogP contribution is 2.17. The maximum atomic E-state index is 4.23. The number of nitrogens with one attached hydrogen (secondary N) is 1. The van der Waals surface area contributed by atoms with Crippen molar-refractivity contribution in [1.82, 2.24) is 15.0 Å². The molecule has 0 aliphatic heterocycles. The molecule has 66 valence electrons. The van der Waals surface area contributed by atoms with Crippen molar-refractivity contribution < 1.29 is 0 Å². The summed E-state index contributed by atoms with van der Waals surface area (Å²) >= 11 is 0. The zero-order chi connectivity index (χ0) is 9.19. The molecule has 0 spiro atoms. The van der Waals surface area contributed by atoms with Crippen molar-refractivity contribution in [1.29, 1.82) is 0 Å². The van der Waals surface area contributed by atoms with Crippen LogP contribution in [0.5, 0.6) is 0 Å². The summed E-state index contributed by atoms with van der Waals surface area (Å²) < 4.78 is 0. The van der Waals surface area contributed by atoms with E-state index in [4.69, 9.17) is 0 Å². The van der Waals surface area contributed by atoms with E-state index in [1.807, 2.05) is 0 Å². The van der Waals surface area contributed by atoms with Crippen LogP contribution in [0.2, 0.25) is 0 Å². The average Bonchev–Trinajstić information content (AvgIpc) is 2.03. The molecule has 0 aliphatic carbocycles. The van der Waals surface area contributed by atoms with Crippen molar-refractivity contribution in [3.63, 3.8) is 0 Å². The van der Waals surface area contributed by atoms with E-state index in [1.165, 1.54) is 6.33 Å². The first-order chi connectivity index (χ1) is 5.54. The molecule has 0 aromatic carbocycles. The first-order valence-corrected chi connectivity index (χ1v) is 3.91. The van der Waals surface area contributed by atoms with Gasteiger partial charge in [0.05, 0.1) is 0 Å². The fourth-order valence-corrected chi connectivity index (χ4v) is 0.778. The second kappa shape index (κ2) is 3.05. The Morgan fingerprint density at radius 3 is 2.42 bits per heavy atom. The zero-order valence-corrected chi connectivity index (χ0v) is 7.92. The molecule has 0 radical (unpaired) electrons. The van der Waals surface area contributed by atoms with Crippen LogP contribution in [0.1, 0.15) is 26.6 Å². The smallest absolute Gasteiger partial charge is 0.225 e. The van der Waals surface area contributed by atoms with E-state index >= 15 is 0 Å². The highest BCUT2D eigenvalue weighted by molar-refractivity contribution is 5.22. The molecule has 1 aromatic heterocycles. The molecule has 0 unspecified atom stereocenters. The maximum Gasteiger partial charge on any atom is 0.225 e. The Balaban J connectivity index is 3.02. The van der Waals surface area contributed by atoms with Crippen molar-refractivity contribution >= 4 is 5.95 Å². The summed E-state index contributed by atoms with van der Waals surface area (Å²) in [5.74, 6) is 1.43. The van der Waals surface area contributed by atoms with Crippen molar-refractivity contribution in [2.75, 3.05) is 12.4 Å². The molecule has 1 N–H and O–H groups in total. The zero-order valence-electron chi connectivity index (χ0n) is 7.92. The molecule has 0 amide bonds. The van der Waals surface area contributed by atoms with Gasteiger partial charge in [-0.15, -0.1) is 0 Å². The SMILES string of the molecule is CNc1ncnc(C(C)(C)C)n1. The van der Waals surface area contributed by atoms with Gasteiger partial charge in [-0.25, -0.2) is 9.97 Å². The largest absolute Gasteiger partial charge is 0.357 e. The van der Waals surface area contributed by atoms with Gasteiger partial charge < -0.3 is 5.32 Å². The molecule has 4 nitrogen and oxygen atoms in total. The van der Waals surface area contributed by atoms with Crippen LogP contribution in [-0.2, 0) is 5.41 Å². The lowest BCUT2D eigenvalue weighted by atomic mass is 9.96. The Bertz CT molecular complexity index is 264. The van der Waals surface area contributed by atoms with Crippen molar-refractivity contribution in [2.24, 2.45) is 0 Å². The third-order valence-corrected chi connectivity index (χ3v) is 1.47. The number of aromatic nitrogens is 3. The summed E-state index contributed by atoms with van der Waals surface area (Å²) in [6, 6.07) is 0. The lowest BCUT2D eigenvalue weighted by Crippen LogP contribution is -2.17. The van der Waals surface area contributed by atoms with Crippen LogP contribution in [0, 0.1) is 0 Å². The molecule has 1 heterocycles. The van der Waals surface area contributed by atoms with Crippen molar-refractivity contribution in [3.8, 4) is 0 Å². The fraction of sp³-hybridized carbons (Fsp3) is 0.625. The molecule has 4 heteroatoms. The lowest BCUT2D eigenvalue weighted by Gasteiger charge is -2.15. The fourth-order valence-electron chi connectivity index (χ4n) is 0.778. The second-order valence-corrected chi connectivity index (χ2v) is 3.63. The third-order valence-electron chi connectivity index (χ3n) is 1.47. The second-order valence-electron chi connectivity index (χ2n) is 3.63. The third kappa shape index (κ3) is 1.90. The quantitative estimate of drug-likeness (QED) is 0.681. The Labute approximate surface area is 72.5 Å². The summed E-state index contributed by atoms with van der Waals surface area (Å²) in [6.45, 7) is 6.21. The Hall–Kier alpha value is -1.19. The molecular formula is C8H14N4. The highest BCUT2D eigenvalue weighted by atomic mass is 15.1. The molecule has 12 heavy (non-hydrogen) atoms. The first kappa shape index (κ1) is 8.90. The van der Waals surface area contributed by atoms with E-state index in [1.54, 1.807) is 7.05 Å². The van der Waals surface area contributed by atoms with Gasteiger partial charge in [-0.2, -0.15) is 4.98 Å². The lowest BCUT2D eigenvalue weighted by molar-refractivity contribution is 0.542. The topological polar surface area (TPSA) is 50.7 Å². The Morgan fingerprint density at radius 1 is 1.25 bits per heavy atom. The standard InChI is InChI=1S/C8H14N4/c1-8(2,3)6-10-5-11-7(9-4)12-6/h5H,1-4H3,(H,9,10,11,12). The van der Waals surface area contributed by atoms with Gasteiger partial charge in [0, 0.05) is 12.5 Å². The number of hydrogen-bond donors (Lipinski definition) is 1. The van der Waals surface area contributed by atoms with Gasteiger partial charge in [-0.05, 0) is 0 Å².